The molecule has 0 saturated carbocycles. The predicted octanol–water partition coefficient (Wildman–Crippen LogP) is 3.24. The zero-order chi connectivity index (χ0) is 20.9. The first-order valence-corrected chi connectivity index (χ1v) is 9.53. The maximum Gasteiger partial charge on any atom is 0.312 e. The van der Waals surface area contributed by atoms with Crippen molar-refractivity contribution in [3.05, 3.63) is 90.8 Å². The number of anilines is 1. The molecule has 1 unspecified atom stereocenters. The molecular formula is C23H21N5O2. The van der Waals surface area contributed by atoms with Crippen LogP contribution in [0.2, 0.25) is 0 Å². The summed E-state index contributed by atoms with van der Waals surface area (Å²) in [7, 11) is 0. The summed E-state index contributed by atoms with van der Waals surface area (Å²) in [6, 6.07) is 23.2. The summed E-state index contributed by atoms with van der Waals surface area (Å²) in [5.74, 6) is -0.335. The van der Waals surface area contributed by atoms with E-state index in [1.807, 2.05) is 83.4 Å². The fraction of sp³-hybridized carbons (Fsp3) is 0.0870. The Bertz CT molecular complexity index is 1170. The van der Waals surface area contributed by atoms with Gasteiger partial charge in [0.2, 0.25) is 5.91 Å². The number of hydrogen-bond donors (Lipinski definition) is 3. The summed E-state index contributed by atoms with van der Waals surface area (Å²) in [6.45, 7) is 0. The number of amides is 3. The number of benzene rings is 3. The number of urea groups is 1. The molecule has 150 valence electrons. The molecule has 0 bridgehead atoms. The minimum absolute atomic E-state index is 0.335. The molecule has 0 radical (unpaired) electrons. The molecule has 0 aliphatic rings. The summed E-state index contributed by atoms with van der Waals surface area (Å²) < 4.78 is 1.98. The van der Waals surface area contributed by atoms with Crippen LogP contribution in [0.5, 0.6) is 0 Å². The number of nitrogens with two attached hydrogens (primary N) is 1. The number of nitrogens with zero attached hydrogens (tertiary/aromatic N) is 2. The lowest BCUT2D eigenvalue weighted by atomic mass is 10.1. The number of primary amides is 1. The molecule has 0 aliphatic carbocycles. The van der Waals surface area contributed by atoms with Crippen molar-refractivity contribution in [2.24, 2.45) is 5.73 Å². The van der Waals surface area contributed by atoms with Gasteiger partial charge < -0.3 is 16.4 Å². The number of fused-ring (bicyclic) bond motifs is 1. The van der Waals surface area contributed by atoms with Crippen molar-refractivity contribution in [1.82, 2.24) is 14.9 Å². The molecule has 1 aromatic heterocycles. The third-order valence-corrected chi connectivity index (χ3v) is 4.78. The highest BCUT2D eigenvalue weighted by Crippen LogP contribution is 2.20. The topological polar surface area (TPSA) is 102 Å². The standard InChI is InChI=1S/C23H21N5O2/c24-23(30)27-20(14-16-6-2-1-3-7-16)22(29)26-17-10-12-18(13-11-17)28-15-25-19-8-4-5-9-21(19)28/h1-13,15,20H,14H2,(H,26,29)(H3,24,27,30). The van der Waals surface area contributed by atoms with Gasteiger partial charge in [-0.25, -0.2) is 9.78 Å². The smallest absolute Gasteiger partial charge is 0.312 e. The van der Waals surface area contributed by atoms with Gasteiger partial charge in [0.25, 0.3) is 0 Å². The molecule has 4 N–H and O–H groups in total. The molecule has 3 aromatic carbocycles. The van der Waals surface area contributed by atoms with Crippen molar-refractivity contribution in [1.29, 1.82) is 0 Å². The molecule has 0 fully saturated rings. The van der Waals surface area contributed by atoms with Gasteiger partial charge in [0.1, 0.15) is 12.4 Å². The van der Waals surface area contributed by atoms with Gasteiger partial charge in [-0.3, -0.25) is 9.36 Å². The highest BCUT2D eigenvalue weighted by Gasteiger charge is 2.20. The number of nitrogens with one attached hydrogen (secondary N) is 2. The average molecular weight is 399 g/mol. The van der Waals surface area contributed by atoms with E-state index < -0.39 is 12.1 Å². The van der Waals surface area contributed by atoms with Crippen molar-refractivity contribution >= 4 is 28.7 Å². The molecule has 1 atom stereocenters. The minimum Gasteiger partial charge on any atom is -0.352 e. The van der Waals surface area contributed by atoms with E-state index in [1.54, 1.807) is 6.33 Å². The van der Waals surface area contributed by atoms with Crippen molar-refractivity contribution in [3.63, 3.8) is 0 Å². The van der Waals surface area contributed by atoms with E-state index in [2.05, 4.69) is 15.6 Å². The predicted molar refractivity (Wildman–Crippen MR) is 116 cm³/mol. The van der Waals surface area contributed by atoms with Crippen LogP contribution in [-0.4, -0.2) is 27.5 Å². The molecule has 0 saturated heterocycles. The number of para-hydroxylation sites is 2. The lowest BCUT2D eigenvalue weighted by Gasteiger charge is -2.17. The Morgan fingerprint density at radius 1 is 0.933 bits per heavy atom. The van der Waals surface area contributed by atoms with Crippen molar-refractivity contribution < 1.29 is 9.59 Å². The molecule has 4 rings (SSSR count). The summed E-state index contributed by atoms with van der Waals surface area (Å²) in [4.78, 5) is 28.5. The quantitative estimate of drug-likeness (QED) is 0.464. The molecular weight excluding hydrogens is 378 g/mol. The summed E-state index contributed by atoms with van der Waals surface area (Å²) in [5, 5.41) is 5.36. The van der Waals surface area contributed by atoms with Crippen LogP contribution < -0.4 is 16.4 Å². The van der Waals surface area contributed by atoms with E-state index in [9.17, 15) is 9.59 Å². The monoisotopic (exact) mass is 399 g/mol. The van der Waals surface area contributed by atoms with Crippen LogP contribution in [0.4, 0.5) is 10.5 Å². The Kier molecular flexibility index (Phi) is 5.43. The van der Waals surface area contributed by atoms with E-state index >= 15 is 0 Å². The average Bonchev–Trinajstić information content (AvgIpc) is 3.18. The van der Waals surface area contributed by atoms with Crippen LogP contribution in [0.25, 0.3) is 16.7 Å². The first kappa shape index (κ1) is 19.2. The molecule has 0 aliphatic heterocycles. The van der Waals surface area contributed by atoms with Crippen LogP contribution in [0.15, 0.2) is 85.2 Å². The molecule has 7 nitrogen and oxygen atoms in total. The highest BCUT2D eigenvalue weighted by molar-refractivity contribution is 5.97. The molecule has 4 aromatic rings. The van der Waals surface area contributed by atoms with Crippen molar-refractivity contribution in [2.75, 3.05) is 5.32 Å². The van der Waals surface area contributed by atoms with Crippen LogP contribution >= 0.6 is 0 Å². The Morgan fingerprint density at radius 3 is 2.37 bits per heavy atom. The number of carbonyl (C=O) groups excluding carboxylic acids is 2. The maximum absolute atomic E-state index is 12.7. The van der Waals surface area contributed by atoms with Gasteiger partial charge in [-0.15, -0.1) is 0 Å². The summed E-state index contributed by atoms with van der Waals surface area (Å²) in [6.07, 6.45) is 2.11. The van der Waals surface area contributed by atoms with E-state index in [0.29, 0.717) is 12.1 Å². The SMILES string of the molecule is NC(=O)NC(Cc1ccccc1)C(=O)Nc1ccc(-n2cnc3ccccc32)cc1. The van der Waals surface area contributed by atoms with Gasteiger partial charge in [-0.2, -0.15) is 0 Å². The number of imidazole rings is 1. The van der Waals surface area contributed by atoms with Crippen LogP contribution in [-0.2, 0) is 11.2 Å². The van der Waals surface area contributed by atoms with Crippen LogP contribution in [0.1, 0.15) is 5.56 Å². The second-order valence-electron chi connectivity index (χ2n) is 6.89. The number of hydrogen-bond acceptors (Lipinski definition) is 3. The third-order valence-electron chi connectivity index (χ3n) is 4.78. The lowest BCUT2D eigenvalue weighted by molar-refractivity contribution is -0.117. The second-order valence-corrected chi connectivity index (χ2v) is 6.89. The van der Waals surface area contributed by atoms with Crippen LogP contribution in [0.3, 0.4) is 0 Å². The van der Waals surface area contributed by atoms with Gasteiger partial charge in [0.15, 0.2) is 0 Å². The number of carbonyl (C=O) groups is 2. The van der Waals surface area contributed by atoms with E-state index in [4.69, 9.17) is 5.73 Å². The van der Waals surface area contributed by atoms with Crippen molar-refractivity contribution in [3.8, 4) is 5.69 Å². The lowest BCUT2D eigenvalue weighted by Crippen LogP contribution is -2.47. The van der Waals surface area contributed by atoms with Gasteiger partial charge in [0, 0.05) is 17.8 Å². The third kappa shape index (κ3) is 4.30. The Balaban J connectivity index is 1.49. The number of rotatable bonds is 6. The summed E-state index contributed by atoms with van der Waals surface area (Å²) >= 11 is 0. The molecule has 30 heavy (non-hydrogen) atoms. The highest BCUT2D eigenvalue weighted by atomic mass is 16.2. The maximum atomic E-state index is 12.7. The zero-order valence-corrected chi connectivity index (χ0v) is 16.2. The normalized spacial score (nSPS) is 11.7. The molecule has 3 amide bonds. The van der Waals surface area contributed by atoms with E-state index in [0.717, 1.165) is 22.3 Å². The Morgan fingerprint density at radius 2 is 1.63 bits per heavy atom. The van der Waals surface area contributed by atoms with Gasteiger partial charge in [-0.05, 0) is 42.0 Å². The molecule has 1 heterocycles. The zero-order valence-electron chi connectivity index (χ0n) is 16.2. The minimum atomic E-state index is -0.776. The van der Waals surface area contributed by atoms with Crippen LogP contribution in [0, 0.1) is 0 Å². The van der Waals surface area contributed by atoms with Gasteiger partial charge in [-0.1, -0.05) is 42.5 Å². The fourth-order valence-corrected chi connectivity index (χ4v) is 3.33. The first-order valence-electron chi connectivity index (χ1n) is 9.53. The fourth-order valence-electron chi connectivity index (χ4n) is 3.33. The largest absolute Gasteiger partial charge is 0.352 e. The Hall–Kier alpha value is -4.13. The molecule has 0 spiro atoms. The van der Waals surface area contributed by atoms with E-state index in [1.165, 1.54) is 0 Å². The van der Waals surface area contributed by atoms with Gasteiger partial charge in [0.05, 0.1) is 11.0 Å². The van der Waals surface area contributed by atoms with Crippen molar-refractivity contribution in [2.45, 2.75) is 12.5 Å². The first-order chi connectivity index (χ1) is 14.6. The van der Waals surface area contributed by atoms with Gasteiger partial charge >= 0.3 is 6.03 Å². The molecule has 7 heteroatoms. The summed E-state index contributed by atoms with van der Waals surface area (Å²) in [5.41, 5.74) is 9.65. The number of aromatic nitrogens is 2. The Labute approximate surface area is 173 Å². The second kappa shape index (κ2) is 8.48. The van der Waals surface area contributed by atoms with E-state index in [-0.39, 0.29) is 5.91 Å².